The van der Waals surface area contributed by atoms with Gasteiger partial charge in [-0.2, -0.15) is 0 Å². The molecular weight excluding hydrogens is 474 g/mol. The number of carbonyl (C=O) groups is 2. The van der Waals surface area contributed by atoms with Gasteiger partial charge in [0.1, 0.15) is 5.69 Å². The molecule has 1 atom stereocenters. The van der Waals surface area contributed by atoms with Gasteiger partial charge in [0, 0.05) is 61.9 Å². The van der Waals surface area contributed by atoms with E-state index in [-0.39, 0.29) is 11.8 Å². The molecule has 7 nitrogen and oxygen atoms in total. The lowest BCUT2D eigenvalue weighted by Gasteiger charge is -2.36. The summed E-state index contributed by atoms with van der Waals surface area (Å²) in [5.41, 5.74) is 4.95. The van der Waals surface area contributed by atoms with Gasteiger partial charge >= 0.3 is 0 Å². The Morgan fingerprint density at radius 2 is 1.83 bits per heavy atom. The molecule has 2 aromatic carbocycles. The molecule has 3 aliphatic rings. The number of hydrogen-bond acceptors (Lipinski definition) is 5. The van der Waals surface area contributed by atoms with E-state index < -0.39 is 5.41 Å². The summed E-state index contributed by atoms with van der Waals surface area (Å²) in [5, 5.41) is 6.80. The van der Waals surface area contributed by atoms with Crippen molar-refractivity contribution in [2.45, 2.75) is 18.3 Å². The summed E-state index contributed by atoms with van der Waals surface area (Å²) in [6.45, 7) is 5.09. The number of piperazine rings is 1. The number of rotatable bonds is 5. The first-order valence-electron chi connectivity index (χ1n) is 12.4. The molecule has 8 heteroatoms. The minimum atomic E-state index is -0.594. The smallest absolute Gasteiger partial charge is 0.269 e. The molecule has 36 heavy (non-hydrogen) atoms. The van der Waals surface area contributed by atoms with E-state index in [4.69, 9.17) is 11.6 Å². The molecule has 3 heterocycles. The van der Waals surface area contributed by atoms with Gasteiger partial charge in [0.15, 0.2) is 0 Å². The van der Waals surface area contributed by atoms with Crippen LogP contribution in [0.1, 0.15) is 27.2 Å². The SMILES string of the molecule is O=C(NCCN1CCN(c2cccc(Cl)c2)CC1)c1cc2c(cn1)CC1(C2)C(=O)Nc2ccccc21. The van der Waals surface area contributed by atoms with Gasteiger partial charge in [0.25, 0.3) is 5.91 Å². The Morgan fingerprint density at radius 3 is 2.67 bits per heavy atom. The van der Waals surface area contributed by atoms with Crippen LogP contribution in [0.2, 0.25) is 5.02 Å². The number of nitrogens with zero attached hydrogens (tertiary/aromatic N) is 3. The lowest BCUT2D eigenvalue weighted by atomic mass is 9.79. The maximum Gasteiger partial charge on any atom is 0.269 e. The standard InChI is InChI=1S/C28H28ClN5O2/c29-21-4-3-5-22(15-21)34-12-10-33(11-13-34)9-8-30-26(35)25-14-19-16-28(17-20(19)18-31-25)23-6-1-2-7-24(23)32-27(28)36/h1-7,14-15,18H,8-13,16-17H2,(H,30,35)(H,32,36). The van der Waals surface area contributed by atoms with Crippen molar-refractivity contribution in [2.75, 3.05) is 49.5 Å². The molecule has 2 amide bonds. The summed E-state index contributed by atoms with van der Waals surface area (Å²) in [6, 6.07) is 17.7. The predicted octanol–water partition coefficient (Wildman–Crippen LogP) is 3.28. The molecule has 2 aliphatic heterocycles. The average Bonchev–Trinajstić information content (AvgIpc) is 3.41. The summed E-state index contributed by atoms with van der Waals surface area (Å²) in [7, 11) is 0. The van der Waals surface area contributed by atoms with Gasteiger partial charge in [-0.15, -0.1) is 0 Å². The van der Waals surface area contributed by atoms with Crippen molar-refractivity contribution < 1.29 is 9.59 Å². The number of anilines is 2. The second-order valence-electron chi connectivity index (χ2n) is 9.84. The maximum absolute atomic E-state index is 12.9. The highest BCUT2D eigenvalue weighted by Gasteiger charge is 2.50. The molecule has 0 saturated carbocycles. The fourth-order valence-electron chi connectivity index (χ4n) is 5.73. The number of fused-ring (bicyclic) bond motifs is 3. The number of nitrogens with one attached hydrogen (secondary N) is 2. The van der Waals surface area contributed by atoms with E-state index in [9.17, 15) is 9.59 Å². The summed E-state index contributed by atoms with van der Waals surface area (Å²) in [4.78, 5) is 34.9. The van der Waals surface area contributed by atoms with Crippen molar-refractivity contribution in [1.29, 1.82) is 0 Å². The third-order valence-corrected chi connectivity index (χ3v) is 7.92. The fraction of sp³-hybridized carbons (Fsp3) is 0.321. The Balaban J connectivity index is 1.03. The third kappa shape index (κ3) is 4.12. The molecule has 2 N–H and O–H groups in total. The molecule has 6 rings (SSSR count). The number of para-hydroxylation sites is 1. The summed E-state index contributed by atoms with van der Waals surface area (Å²) in [6.07, 6.45) is 2.97. The lowest BCUT2D eigenvalue weighted by molar-refractivity contribution is -0.120. The van der Waals surface area contributed by atoms with Crippen molar-refractivity contribution in [3.8, 4) is 0 Å². The maximum atomic E-state index is 12.9. The normalized spacial score (nSPS) is 20.8. The Morgan fingerprint density at radius 1 is 1.03 bits per heavy atom. The van der Waals surface area contributed by atoms with E-state index >= 15 is 0 Å². The van der Waals surface area contributed by atoms with Crippen LogP contribution < -0.4 is 15.5 Å². The van der Waals surface area contributed by atoms with Crippen LogP contribution in [0.4, 0.5) is 11.4 Å². The average molecular weight is 502 g/mol. The van der Waals surface area contributed by atoms with E-state index in [1.54, 1.807) is 6.20 Å². The first-order valence-corrected chi connectivity index (χ1v) is 12.8. The molecular formula is C28H28ClN5O2. The highest BCUT2D eigenvalue weighted by Crippen LogP contribution is 2.47. The van der Waals surface area contributed by atoms with Crippen molar-refractivity contribution >= 4 is 34.8 Å². The number of hydrogen-bond donors (Lipinski definition) is 2. The molecule has 1 unspecified atom stereocenters. The molecule has 184 valence electrons. The number of pyridine rings is 1. The van der Waals surface area contributed by atoms with Gasteiger partial charge in [-0.25, -0.2) is 0 Å². The Labute approximate surface area is 215 Å². The third-order valence-electron chi connectivity index (χ3n) is 7.68. The molecule has 3 aromatic rings. The lowest BCUT2D eigenvalue weighted by Crippen LogP contribution is -2.48. The topological polar surface area (TPSA) is 77.6 Å². The van der Waals surface area contributed by atoms with E-state index in [2.05, 4.69) is 31.5 Å². The Hall–Kier alpha value is -3.42. The molecule has 0 radical (unpaired) electrons. The summed E-state index contributed by atoms with van der Waals surface area (Å²) < 4.78 is 0. The van der Waals surface area contributed by atoms with Crippen LogP contribution >= 0.6 is 11.6 Å². The number of amides is 2. The second kappa shape index (κ2) is 9.22. The molecule has 1 spiro atoms. The van der Waals surface area contributed by atoms with Crippen molar-refractivity contribution in [2.24, 2.45) is 0 Å². The minimum absolute atomic E-state index is 0.0290. The number of carbonyl (C=O) groups excluding carboxylic acids is 2. The molecule has 1 aromatic heterocycles. The van der Waals surface area contributed by atoms with Gasteiger partial charge in [-0.05, 0) is 59.9 Å². The number of halogens is 1. The second-order valence-corrected chi connectivity index (χ2v) is 10.3. The summed E-state index contributed by atoms with van der Waals surface area (Å²) >= 11 is 6.13. The van der Waals surface area contributed by atoms with Gasteiger partial charge in [0.05, 0.1) is 5.41 Å². The fourth-order valence-corrected chi connectivity index (χ4v) is 5.92. The van der Waals surface area contributed by atoms with Gasteiger partial charge in [-0.3, -0.25) is 19.5 Å². The van der Waals surface area contributed by atoms with Crippen molar-refractivity contribution in [1.82, 2.24) is 15.2 Å². The van der Waals surface area contributed by atoms with Gasteiger partial charge in [-0.1, -0.05) is 35.9 Å². The van der Waals surface area contributed by atoms with Crippen molar-refractivity contribution in [3.63, 3.8) is 0 Å². The first-order chi connectivity index (χ1) is 17.5. The highest BCUT2D eigenvalue weighted by molar-refractivity contribution is 6.30. The monoisotopic (exact) mass is 501 g/mol. The first kappa shape index (κ1) is 23.0. The van der Waals surface area contributed by atoms with Crippen LogP contribution in [0.15, 0.2) is 60.8 Å². The van der Waals surface area contributed by atoms with E-state index in [0.29, 0.717) is 25.1 Å². The predicted molar refractivity (Wildman–Crippen MR) is 141 cm³/mol. The number of benzene rings is 2. The zero-order valence-electron chi connectivity index (χ0n) is 20.0. The molecule has 1 fully saturated rings. The minimum Gasteiger partial charge on any atom is -0.369 e. The largest absolute Gasteiger partial charge is 0.369 e. The van der Waals surface area contributed by atoms with Crippen LogP contribution in [-0.4, -0.2) is 61.0 Å². The molecule has 0 bridgehead atoms. The Bertz CT molecular complexity index is 1340. The van der Waals surface area contributed by atoms with Crippen LogP contribution in [0.25, 0.3) is 0 Å². The molecule has 1 aliphatic carbocycles. The van der Waals surface area contributed by atoms with Crippen LogP contribution in [0, 0.1) is 0 Å². The zero-order valence-corrected chi connectivity index (χ0v) is 20.7. The van der Waals surface area contributed by atoms with Crippen molar-refractivity contribution in [3.05, 3.63) is 88.2 Å². The van der Waals surface area contributed by atoms with E-state index in [0.717, 1.165) is 65.8 Å². The Kier molecular flexibility index (Phi) is 5.90. The summed E-state index contributed by atoms with van der Waals surface area (Å²) in [5.74, 6) is -0.144. The zero-order chi connectivity index (χ0) is 24.7. The van der Waals surface area contributed by atoms with Gasteiger partial charge < -0.3 is 15.5 Å². The van der Waals surface area contributed by atoms with Crippen LogP contribution in [0.5, 0.6) is 0 Å². The van der Waals surface area contributed by atoms with Gasteiger partial charge in [0.2, 0.25) is 5.91 Å². The van der Waals surface area contributed by atoms with Crippen LogP contribution in [-0.2, 0) is 23.1 Å². The quantitative estimate of drug-likeness (QED) is 0.561. The van der Waals surface area contributed by atoms with E-state index in [1.165, 1.54) is 0 Å². The highest BCUT2D eigenvalue weighted by atomic mass is 35.5. The van der Waals surface area contributed by atoms with E-state index in [1.807, 2.05) is 48.5 Å². The molecule has 1 saturated heterocycles. The number of aromatic nitrogens is 1. The van der Waals surface area contributed by atoms with Crippen LogP contribution in [0.3, 0.4) is 0 Å².